The van der Waals surface area contributed by atoms with Crippen LogP contribution in [0.2, 0.25) is 0 Å². The third kappa shape index (κ3) is 7.35. The number of alkyl carbamates (subject to hydrolysis) is 1. The molecule has 2 aliphatic carbocycles. The van der Waals surface area contributed by atoms with Crippen LogP contribution in [-0.2, 0) is 20.7 Å². The molecule has 2 atom stereocenters. The molecule has 3 fully saturated rings. The molecule has 4 heterocycles. The highest BCUT2D eigenvalue weighted by molar-refractivity contribution is 6.05. The van der Waals surface area contributed by atoms with Crippen molar-refractivity contribution >= 4 is 34.1 Å². The zero-order valence-electron chi connectivity index (χ0n) is 32.5. The first-order valence-corrected chi connectivity index (χ1v) is 20.6. The number of nitrogens with zero attached hydrogens (tertiary/aromatic N) is 3. The summed E-state index contributed by atoms with van der Waals surface area (Å²) < 4.78 is 11.2. The second-order valence-corrected chi connectivity index (χ2v) is 17.3. The molecule has 2 N–H and O–H groups in total. The Labute approximate surface area is 324 Å². The van der Waals surface area contributed by atoms with Crippen molar-refractivity contribution in [1.82, 2.24) is 20.2 Å². The molecule has 2 amide bonds. The van der Waals surface area contributed by atoms with Gasteiger partial charge in [-0.3, -0.25) is 9.79 Å². The Morgan fingerprint density at radius 2 is 1.62 bits per heavy atom. The van der Waals surface area contributed by atoms with Gasteiger partial charge >= 0.3 is 6.09 Å². The number of rotatable bonds is 7. The summed E-state index contributed by atoms with van der Waals surface area (Å²) >= 11 is 0. The fourth-order valence-electron chi connectivity index (χ4n) is 9.64. The number of hydrogen-bond acceptors (Lipinski definition) is 6. The number of nitrogens with one attached hydrogen (secondary N) is 2. The standard InChI is InChI=1S/C46H53N5O4/c1-46(2,3)55-45(53)50-42(28-18-21-54-22-19-28)44(52)51-20-6-9-41(51)39-26-37-36-16-14-33(24-34(36)15-17-38(37)48-39)30-10-11-32-25-35(13-12-31(32)23-30)40-27-47-43(49-40)29-7-4-5-8-29/h10-14,16,23-25,27-29,41-42H,4-9,15,17-22,26H2,1-3H3,(H,47,49)(H,50,53)/t41-,42-/m0/s1. The van der Waals surface area contributed by atoms with E-state index in [-0.39, 0.29) is 17.9 Å². The molecular formula is C46H53N5O4. The molecule has 5 aliphatic rings. The number of aliphatic imine (C=N–C) groups is 1. The lowest BCUT2D eigenvalue weighted by molar-refractivity contribution is -0.135. The largest absolute Gasteiger partial charge is 0.444 e. The SMILES string of the molecule is CC(C)(C)OC(=O)N[C@H](C(=O)N1CCC[C@H]1C1=NC2=C(C1)c1ccc(-c3ccc4cc(-c5cnc(C6CCCC6)[nH]5)ccc4c3)cc1CC2)C1CCOCC1. The lowest BCUT2D eigenvalue weighted by atomic mass is 9.85. The number of H-pyrrole nitrogens is 1. The van der Waals surface area contributed by atoms with Crippen molar-refractivity contribution in [2.75, 3.05) is 19.8 Å². The van der Waals surface area contributed by atoms with Gasteiger partial charge in [0, 0.05) is 49.1 Å². The van der Waals surface area contributed by atoms with E-state index in [9.17, 15) is 9.59 Å². The Morgan fingerprint density at radius 1 is 0.891 bits per heavy atom. The third-order valence-electron chi connectivity index (χ3n) is 12.5. The minimum Gasteiger partial charge on any atom is -0.444 e. The quantitative estimate of drug-likeness (QED) is 0.196. The molecule has 2 saturated heterocycles. The highest BCUT2D eigenvalue weighted by Crippen LogP contribution is 2.42. The number of benzene rings is 3. The number of hydrogen-bond donors (Lipinski definition) is 2. The summed E-state index contributed by atoms with van der Waals surface area (Å²) in [5, 5.41) is 5.43. The number of carbonyl (C=O) groups excluding carboxylic acids is 2. The lowest BCUT2D eigenvalue weighted by Crippen LogP contribution is -2.56. The van der Waals surface area contributed by atoms with Crippen LogP contribution in [0.1, 0.15) is 108 Å². The number of aromatic amines is 1. The minimum atomic E-state index is -0.649. The molecule has 0 unspecified atom stereocenters. The van der Waals surface area contributed by atoms with E-state index in [0.29, 0.717) is 25.7 Å². The average Bonchev–Trinajstić information content (AvgIpc) is 4.02. The summed E-state index contributed by atoms with van der Waals surface area (Å²) in [5.41, 5.74) is 10.3. The van der Waals surface area contributed by atoms with E-state index >= 15 is 0 Å². The topological polar surface area (TPSA) is 109 Å². The maximum absolute atomic E-state index is 14.3. The number of aromatic nitrogens is 2. The van der Waals surface area contributed by atoms with E-state index in [4.69, 9.17) is 19.5 Å². The van der Waals surface area contributed by atoms with Gasteiger partial charge in [0.05, 0.1) is 17.9 Å². The lowest BCUT2D eigenvalue weighted by Gasteiger charge is -2.35. The van der Waals surface area contributed by atoms with Crippen molar-refractivity contribution in [3.63, 3.8) is 0 Å². The van der Waals surface area contributed by atoms with Crippen LogP contribution in [0.5, 0.6) is 0 Å². The second kappa shape index (κ2) is 14.7. The second-order valence-electron chi connectivity index (χ2n) is 17.3. The molecule has 3 aliphatic heterocycles. The smallest absolute Gasteiger partial charge is 0.408 e. The zero-order valence-corrected chi connectivity index (χ0v) is 32.5. The van der Waals surface area contributed by atoms with Crippen LogP contribution in [-0.4, -0.2) is 70.0 Å². The molecule has 0 radical (unpaired) electrons. The first-order chi connectivity index (χ1) is 26.7. The Bertz CT molecular complexity index is 2180. The Hall–Kier alpha value is -4.76. The number of likely N-dealkylation sites (tertiary alicyclic amines) is 1. The molecule has 9 heteroatoms. The molecule has 3 aromatic carbocycles. The average molecular weight is 740 g/mol. The summed E-state index contributed by atoms with van der Waals surface area (Å²) in [5.74, 6) is 1.69. The molecule has 1 aromatic heterocycles. The fourth-order valence-corrected chi connectivity index (χ4v) is 9.64. The van der Waals surface area contributed by atoms with E-state index < -0.39 is 17.7 Å². The first kappa shape index (κ1) is 35.9. The molecule has 9 rings (SSSR count). The van der Waals surface area contributed by atoms with E-state index in [0.717, 1.165) is 67.9 Å². The maximum atomic E-state index is 14.3. The van der Waals surface area contributed by atoms with Crippen LogP contribution in [0.3, 0.4) is 0 Å². The molecule has 9 nitrogen and oxygen atoms in total. The van der Waals surface area contributed by atoms with Crippen molar-refractivity contribution in [1.29, 1.82) is 0 Å². The van der Waals surface area contributed by atoms with Crippen LogP contribution in [0, 0.1) is 5.92 Å². The van der Waals surface area contributed by atoms with Crippen LogP contribution in [0.15, 0.2) is 71.5 Å². The van der Waals surface area contributed by atoms with Gasteiger partial charge in [0.25, 0.3) is 0 Å². The van der Waals surface area contributed by atoms with Crippen molar-refractivity contribution in [3.8, 4) is 22.4 Å². The molecule has 55 heavy (non-hydrogen) atoms. The fraction of sp³-hybridized carbons (Fsp3) is 0.478. The molecule has 286 valence electrons. The van der Waals surface area contributed by atoms with Crippen molar-refractivity contribution < 1.29 is 19.1 Å². The van der Waals surface area contributed by atoms with Gasteiger partial charge in [-0.25, -0.2) is 9.78 Å². The summed E-state index contributed by atoms with van der Waals surface area (Å²) in [6, 6.07) is 19.7. The number of fused-ring (bicyclic) bond motifs is 3. The van der Waals surface area contributed by atoms with Crippen LogP contribution >= 0.6 is 0 Å². The Morgan fingerprint density at radius 3 is 2.40 bits per heavy atom. The monoisotopic (exact) mass is 739 g/mol. The molecule has 4 aromatic rings. The summed E-state index contributed by atoms with van der Waals surface area (Å²) in [7, 11) is 0. The number of ether oxygens (including phenoxy) is 2. The number of amides is 2. The van der Waals surface area contributed by atoms with Crippen LogP contribution in [0.25, 0.3) is 38.7 Å². The number of carbonyl (C=O) groups is 2. The first-order valence-electron chi connectivity index (χ1n) is 20.6. The van der Waals surface area contributed by atoms with Gasteiger partial charge in [0.2, 0.25) is 5.91 Å². The highest BCUT2D eigenvalue weighted by atomic mass is 16.6. The van der Waals surface area contributed by atoms with Gasteiger partial charge in [-0.1, -0.05) is 55.3 Å². The zero-order chi connectivity index (χ0) is 37.7. The normalized spacial score (nSPS) is 21.1. The molecule has 1 saturated carbocycles. The van der Waals surface area contributed by atoms with Gasteiger partial charge in [-0.2, -0.15) is 0 Å². The van der Waals surface area contributed by atoms with Crippen molar-refractivity contribution in [2.45, 2.75) is 115 Å². The number of aryl methyl sites for hydroxylation is 1. The predicted octanol–water partition coefficient (Wildman–Crippen LogP) is 9.37. The van der Waals surface area contributed by atoms with Gasteiger partial charge in [0.1, 0.15) is 17.5 Å². The van der Waals surface area contributed by atoms with E-state index in [2.05, 4.69) is 64.9 Å². The highest BCUT2D eigenvalue weighted by Gasteiger charge is 2.42. The summed E-state index contributed by atoms with van der Waals surface area (Å²) in [6.07, 6.45) is 12.4. The van der Waals surface area contributed by atoms with Crippen LogP contribution < -0.4 is 5.32 Å². The van der Waals surface area contributed by atoms with Crippen molar-refractivity contribution in [2.24, 2.45) is 10.9 Å². The van der Waals surface area contributed by atoms with Crippen LogP contribution in [0.4, 0.5) is 4.79 Å². The number of imidazole rings is 1. The van der Waals surface area contributed by atoms with Gasteiger partial charge in [-0.05, 0) is 129 Å². The van der Waals surface area contributed by atoms with E-state index in [1.54, 1.807) is 0 Å². The third-order valence-corrected chi connectivity index (χ3v) is 12.5. The van der Waals surface area contributed by atoms with Gasteiger partial charge in [-0.15, -0.1) is 0 Å². The van der Waals surface area contributed by atoms with E-state index in [1.807, 2.05) is 31.9 Å². The van der Waals surface area contributed by atoms with Gasteiger partial charge in [0.15, 0.2) is 0 Å². The summed E-state index contributed by atoms with van der Waals surface area (Å²) in [4.78, 5) is 42.9. The Balaban J connectivity index is 0.898. The van der Waals surface area contributed by atoms with Gasteiger partial charge < -0.3 is 24.7 Å². The number of allylic oxidation sites excluding steroid dienone is 2. The Kier molecular flexibility index (Phi) is 9.61. The van der Waals surface area contributed by atoms with Crippen molar-refractivity contribution in [3.05, 3.63) is 83.4 Å². The summed E-state index contributed by atoms with van der Waals surface area (Å²) in [6.45, 7) is 7.37. The van der Waals surface area contributed by atoms with E-state index in [1.165, 1.54) is 69.8 Å². The molecule has 0 bridgehead atoms. The molecule has 0 spiro atoms. The predicted molar refractivity (Wildman–Crippen MR) is 217 cm³/mol. The molecular weight excluding hydrogens is 687 g/mol. The maximum Gasteiger partial charge on any atom is 0.408 e. The minimum absolute atomic E-state index is 0.00417.